The zero-order chi connectivity index (χ0) is 18.5. The van der Waals surface area contributed by atoms with E-state index in [-0.39, 0.29) is 6.04 Å². The van der Waals surface area contributed by atoms with Crippen LogP contribution in [0, 0.1) is 13.8 Å². The van der Waals surface area contributed by atoms with Crippen LogP contribution in [0.2, 0.25) is 0 Å². The molecule has 3 aromatic rings. The van der Waals surface area contributed by atoms with Crippen molar-refractivity contribution in [2.45, 2.75) is 26.8 Å². The van der Waals surface area contributed by atoms with Gasteiger partial charge < -0.3 is 10.2 Å². The minimum Gasteiger partial charge on any atom is -0.348 e. The van der Waals surface area contributed by atoms with Gasteiger partial charge in [0, 0.05) is 12.4 Å². The molecule has 0 aliphatic rings. The van der Waals surface area contributed by atoms with Crippen LogP contribution in [0.3, 0.4) is 0 Å². The molecule has 2 aromatic carbocycles. The number of hydrogen-bond acceptors (Lipinski definition) is 4. The molecule has 132 valence electrons. The molecule has 4 nitrogen and oxygen atoms in total. The summed E-state index contributed by atoms with van der Waals surface area (Å²) in [6.07, 6.45) is 3.55. The zero-order valence-electron chi connectivity index (χ0n) is 15.5. The Morgan fingerprint density at radius 2 is 1.85 bits per heavy atom. The third kappa shape index (κ3) is 3.91. The molecule has 1 aromatic heterocycles. The first kappa shape index (κ1) is 17.7. The number of nitrogens with one attached hydrogen (secondary N) is 1. The Bertz CT molecular complexity index is 890. The molecular formula is C22H24N4. The molecule has 0 saturated heterocycles. The van der Waals surface area contributed by atoms with Crippen LogP contribution < -0.4 is 10.2 Å². The van der Waals surface area contributed by atoms with E-state index in [1.165, 1.54) is 16.7 Å². The summed E-state index contributed by atoms with van der Waals surface area (Å²) in [5, 5.41) is 3.37. The minimum absolute atomic E-state index is 0.115. The number of aryl methyl sites for hydroxylation is 2. The van der Waals surface area contributed by atoms with Crippen LogP contribution >= 0.6 is 0 Å². The van der Waals surface area contributed by atoms with Crippen LogP contribution in [0.5, 0.6) is 0 Å². The lowest BCUT2D eigenvalue weighted by Crippen LogP contribution is -2.14. The van der Waals surface area contributed by atoms with Crippen molar-refractivity contribution < 1.29 is 0 Å². The van der Waals surface area contributed by atoms with Gasteiger partial charge in [0.05, 0.1) is 11.7 Å². The maximum atomic E-state index is 4.69. The second kappa shape index (κ2) is 7.83. The second-order valence-electron chi connectivity index (χ2n) is 6.36. The van der Waals surface area contributed by atoms with E-state index in [1.807, 2.05) is 29.2 Å². The summed E-state index contributed by atoms with van der Waals surface area (Å²) in [5.74, 6) is 1.38. The quantitative estimate of drug-likeness (QED) is 0.636. The summed E-state index contributed by atoms with van der Waals surface area (Å²) in [6, 6.07) is 18.6. The van der Waals surface area contributed by atoms with Gasteiger partial charge in [-0.05, 0) is 49.6 Å². The highest BCUT2D eigenvalue weighted by Crippen LogP contribution is 2.29. The summed E-state index contributed by atoms with van der Waals surface area (Å²) in [4.78, 5) is 11.0. The molecule has 4 heteroatoms. The fourth-order valence-corrected chi connectivity index (χ4v) is 2.87. The van der Waals surface area contributed by atoms with Crippen molar-refractivity contribution in [3.8, 4) is 0 Å². The number of anilines is 3. The monoisotopic (exact) mass is 344 g/mol. The molecule has 1 N–H and O–H groups in total. The molecule has 0 unspecified atom stereocenters. The average Bonchev–Trinajstić information content (AvgIpc) is 2.66. The van der Waals surface area contributed by atoms with Gasteiger partial charge in [0.1, 0.15) is 5.82 Å². The SMILES string of the molecule is C=CN(c1ccnc(N[C@@H](C)c2ccccc2)n1)c1cc(C)ccc1C. The maximum absolute atomic E-state index is 4.69. The first-order chi connectivity index (χ1) is 12.6. The Morgan fingerprint density at radius 1 is 1.08 bits per heavy atom. The zero-order valence-corrected chi connectivity index (χ0v) is 15.5. The van der Waals surface area contributed by atoms with Crippen molar-refractivity contribution in [1.29, 1.82) is 0 Å². The highest BCUT2D eigenvalue weighted by molar-refractivity contribution is 5.67. The number of rotatable bonds is 6. The van der Waals surface area contributed by atoms with Crippen LogP contribution in [0.25, 0.3) is 0 Å². The molecule has 0 saturated carbocycles. The average molecular weight is 344 g/mol. The van der Waals surface area contributed by atoms with E-state index < -0.39 is 0 Å². The number of hydrogen-bond donors (Lipinski definition) is 1. The molecule has 0 bridgehead atoms. The minimum atomic E-state index is 0.115. The second-order valence-corrected chi connectivity index (χ2v) is 6.36. The van der Waals surface area contributed by atoms with E-state index in [2.05, 4.69) is 73.0 Å². The number of nitrogens with zero attached hydrogens (tertiary/aromatic N) is 3. The molecule has 0 aliphatic carbocycles. The van der Waals surface area contributed by atoms with Gasteiger partial charge in [0.25, 0.3) is 0 Å². The smallest absolute Gasteiger partial charge is 0.225 e. The number of benzene rings is 2. The van der Waals surface area contributed by atoms with Crippen LogP contribution in [0.4, 0.5) is 17.5 Å². The molecule has 3 rings (SSSR count). The van der Waals surface area contributed by atoms with Gasteiger partial charge in [-0.2, -0.15) is 4.98 Å². The van der Waals surface area contributed by atoms with Crippen molar-refractivity contribution in [2.24, 2.45) is 0 Å². The summed E-state index contributed by atoms with van der Waals surface area (Å²) >= 11 is 0. The molecule has 26 heavy (non-hydrogen) atoms. The maximum Gasteiger partial charge on any atom is 0.225 e. The lowest BCUT2D eigenvalue weighted by molar-refractivity contribution is 0.859. The third-order valence-corrected chi connectivity index (χ3v) is 4.34. The van der Waals surface area contributed by atoms with Crippen LogP contribution in [-0.4, -0.2) is 9.97 Å². The van der Waals surface area contributed by atoms with Gasteiger partial charge in [-0.15, -0.1) is 0 Å². The fraction of sp³-hybridized carbons (Fsp3) is 0.182. The molecule has 1 heterocycles. The van der Waals surface area contributed by atoms with E-state index in [4.69, 9.17) is 0 Å². The molecular weight excluding hydrogens is 320 g/mol. The molecule has 1 atom stereocenters. The van der Waals surface area contributed by atoms with E-state index in [0.717, 1.165) is 11.5 Å². The Morgan fingerprint density at radius 3 is 2.58 bits per heavy atom. The van der Waals surface area contributed by atoms with Crippen molar-refractivity contribution >= 4 is 17.5 Å². The molecule has 0 spiro atoms. The van der Waals surface area contributed by atoms with Gasteiger partial charge in [-0.3, -0.25) is 0 Å². The lowest BCUT2D eigenvalue weighted by Gasteiger charge is -2.22. The first-order valence-corrected chi connectivity index (χ1v) is 8.72. The van der Waals surface area contributed by atoms with E-state index in [1.54, 1.807) is 12.4 Å². The Hall–Kier alpha value is -3.14. The lowest BCUT2D eigenvalue weighted by atomic mass is 10.1. The van der Waals surface area contributed by atoms with Crippen LogP contribution in [0.1, 0.15) is 29.7 Å². The van der Waals surface area contributed by atoms with E-state index >= 15 is 0 Å². The predicted molar refractivity (Wildman–Crippen MR) is 109 cm³/mol. The fourth-order valence-electron chi connectivity index (χ4n) is 2.87. The predicted octanol–water partition coefficient (Wildman–Crippen LogP) is 5.55. The third-order valence-electron chi connectivity index (χ3n) is 4.34. The first-order valence-electron chi connectivity index (χ1n) is 8.72. The van der Waals surface area contributed by atoms with E-state index in [9.17, 15) is 0 Å². The number of aromatic nitrogens is 2. The van der Waals surface area contributed by atoms with Crippen molar-refractivity contribution in [3.05, 3.63) is 90.3 Å². The Balaban J connectivity index is 1.88. The Kier molecular flexibility index (Phi) is 5.32. The largest absolute Gasteiger partial charge is 0.348 e. The molecule has 0 radical (unpaired) electrons. The van der Waals surface area contributed by atoms with Crippen molar-refractivity contribution in [2.75, 3.05) is 10.2 Å². The van der Waals surface area contributed by atoms with Crippen molar-refractivity contribution in [3.63, 3.8) is 0 Å². The van der Waals surface area contributed by atoms with Crippen molar-refractivity contribution in [1.82, 2.24) is 9.97 Å². The van der Waals surface area contributed by atoms with Gasteiger partial charge >= 0.3 is 0 Å². The Labute approximate surface area is 155 Å². The van der Waals surface area contributed by atoms with Gasteiger partial charge in [0.15, 0.2) is 0 Å². The topological polar surface area (TPSA) is 41.1 Å². The summed E-state index contributed by atoms with van der Waals surface area (Å²) in [5.41, 5.74) is 4.63. The summed E-state index contributed by atoms with van der Waals surface area (Å²) < 4.78 is 0. The standard InChI is InChI=1S/C22H24N4/c1-5-26(20-15-16(2)11-12-17(20)3)21-13-14-23-22(25-21)24-18(4)19-9-7-6-8-10-19/h5-15,18H,1H2,2-4H3,(H,23,24,25)/t18-/m0/s1. The van der Waals surface area contributed by atoms with Crippen LogP contribution in [-0.2, 0) is 0 Å². The van der Waals surface area contributed by atoms with Gasteiger partial charge in [0.2, 0.25) is 5.95 Å². The normalized spacial score (nSPS) is 11.7. The molecule has 0 fully saturated rings. The van der Waals surface area contributed by atoms with Gasteiger partial charge in [-0.25, -0.2) is 4.98 Å². The summed E-state index contributed by atoms with van der Waals surface area (Å²) in [7, 11) is 0. The van der Waals surface area contributed by atoms with E-state index in [0.29, 0.717) is 5.95 Å². The highest BCUT2D eigenvalue weighted by Gasteiger charge is 2.13. The molecule has 0 aliphatic heterocycles. The molecule has 0 amide bonds. The van der Waals surface area contributed by atoms with Crippen LogP contribution in [0.15, 0.2) is 73.6 Å². The highest BCUT2D eigenvalue weighted by atomic mass is 15.2. The van der Waals surface area contributed by atoms with Gasteiger partial charge in [-0.1, -0.05) is 49.0 Å². The summed E-state index contributed by atoms with van der Waals surface area (Å²) in [6.45, 7) is 10.2.